The highest BCUT2D eigenvalue weighted by atomic mass is 32.2. The zero-order valence-corrected chi connectivity index (χ0v) is 17.8. The summed E-state index contributed by atoms with van der Waals surface area (Å²) in [5.74, 6) is 0.596. The van der Waals surface area contributed by atoms with E-state index in [4.69, 9.17) is 0 Å². The number of benzene rings is 1. The molecule has 0 unspecified atom stereocenters. The van der Waals surface area contributed by atoms with E-state index >= 15 is 0 Å². The van der Waals surface area contributed by atoms with E-state index in [1.807, 2.05) is 31.2 Å². The molecular weight excluding hydrogens is 396 g/mol. The Hall–Kier alpha value is -1.77. The second-order valence-electron chi connectivity index (χ2n) is 6.05. The van der Waals surface area contributed by atoms with Gasteiger partial charge < -0.3 is 0 Å². The Balaban J connectivity index is 1.62. The van der Waals surface area contributed by atoms with Crippen molar-refractivity contribution < 1.29 is 4.79 Å². The topological polar surface area (TPSA) is 67.8 Å². The summed E-state index contributed by atoms with van der Waals surface area (Å²) in [7, 11) is 0. The number of thiazole rings is 1. The smallest absolute Gasteiger partial charge is 0.258 e. The quantitative estimate of drug-likeness (QED) is 0.363. The minimum Gasteiger partial charge on any atom is -0.296 e. The van der Waals surface area contributed by atoms with E-state index in [1.165, 1.54) is 24.2 Å². The van der Waals surface area contributed by atoms with E-state index in [0.717, 1.165) is 39.2 Å². The van der Waals surface area contributed by atoms with Crippen LogP contribution in [0.1, 0.15) is 52.3 Å². The van der Waals surface area contributed by atoms with Gasteiger partial charge in [0.2, 0.25) is 5.13 Å². The molecule has 1 amide bonds. The van der Waals surface area contributed by atoms with Gasteiger partial charge in [-0.15, -0.1) is 33.3 Å². The number of hydrogen-bond acceptors (Lipinski definition) is 7. The summed E-state index contributed by atoms with van der Waals surface area (Å²) in [5.41, 5.74) is 1.69. The predicted molar refractivity (Wildman–Crippen MR) is 114 cm³/mol. The molecule has 0 aliphatic carbocycles. The molecule has 3 rings (SSSR count). The second kappa shape index (κ2) is 9.96. The van der Waals surface area contributed by atoms with Crippen LogP contribution in [0.2, 0.25) is 0 Å². The maximum absolute atomic E-state index is 12.7. The first kappa shape index (κ1) is 20.0. The summed E-state index contributed by atoms with van der Waals surface area (Å²) in [6.07, 6.45) is 4.39. The Morgan fingerprint density at radius 2 is 2.07 bits per heavy atom. The van der Waals surface area contributed by atoms with Crippen molar-refractivity contribution in [1.82, 2.24) is 15.2 Å². The molecule has 27 heavy (non-hydrogen) atoms. The summed E-state index contributed by atoms with van der Waals surface area (Å²) < 4.78 is 0. The zero-order chi connectivity index (χ0) is 19.1. The van der Waals surface area contributed by atoms with Crippen LogP contribution in [0.5, 0.6) is 0 Å². The number of nitrogens with zero attached hydrogens (tertiary/aromatic N) is 3. The number of aromatic nitrogens is 3. The van der Waals surface area contributed by atoms with Crippen LogP contribution in [0.15, 0.2) is 34.5 Å². The molecule has 8 heteroatoms. The van der Waals surface area contributed by atoms with Crippen LogP contribution >= 0.6 is 34.4 Å². The van der Waals surface area contributed by atoms with Gasteiger partial charge in [-0.05, 0) is 25.5 Å². The Kier molecular flexibility index (Phi) is 7.37. The molecule has 142 valence electrons. The van der Waals surface area contributed by atoms with Crippen LogP contribution in [-0.4, -0.2) is 21.1 Å². The highest BCUT2D eigenvalue weighted by molar-refractivity contribution is 7.98. The molecule has 0 spiro atoms. The minimum atomic E-state index is -0.149. The summed E-state index contributed by atoms with van der Waals surface area (Å²) in [5, 5.41) is 15.8. The Bertz CT molecular complexity index is 890. The number of anilines is 1. The molecule has 1 aromatic carbocycles. The molecular formula is C19H22N4OS3. The van der Waals surface area contributed by atoms with Gasteiger partial charge >= 0.3 is 0 Å². The van der Waals surface area contributed by atoms with E-state index in [0.29, 0.717) is 10.7 Å². The van der Waals surface area contributed by atoms with Gasteiger partial charge in [0.15, 0.2) is 0 Å². The number of unbranched alkanes of at least 4 members (excludes halogenated alkanes) is 2. The van der Waals surface area contributed by atoms with Crippen LogP contribution in [0, 0.1) is 6.92 Å². The predicted octanol–water partition coefficient (Wildman–Crippen LogP) is 5.58. The number of rotatable bonds is 9. The third-order valence-corrected chi connectivity index (χ3v) is 6.68. The van der Waals surface area contributed by atoms with Crippen molar-refractivity contribution >= 4 is 45.5 Å². The van der Waals surface area contributed by atoms with E-state index in [9.17, 15) is 4.79 Å². The first-order chi connectivity index (χ1) is 13.2. The fourth-order valence-corrected chi connectivity index (χ4v) is 4.94. The molecule has 2 heterocycles. The van der Waals surface area contributed by atoms with E-state index in [1.54, 1.807) is 23.1 Å². The number of amides is 1. The normalized spacial score (nSPS) is 10.9. The lowest BCUT2D eigenvalue weighted by molar-refractivity contribution is 0.102. The van der Waals surface area contributed by atoms with Gasteiger partial charge in [0.25, 0.3) is 5.91 Å². The van der Waals surface area contributed by atoms with Crippen molar-refractivity contribution in [3.63, 3.8) is 0 Å². The lowest BCUT2D eigenvalue weighted by atomic mass is 10.2. The van der Waals surface area contributed by atoms with Crippen LogP contribution in [0.4, 0.5) is 5.13 Å². The fraction of sp³-hybridized carbons (Fsp3) is 0.368. The standard InChI is InChI=1S/C19H22N4OS3/c1-3-4-5-10-17-22-23-19(27-17)21-18(24)15-8-6-7-9-16(15)26-12-14-11-25-13(2)20-14/h6-9,11H,3-5,10,12H2,1-2H3,(H,21,23,24). The SMILES string of the molecule is CCCCCc1nnc(NC(=O)c2ccccc2SCc2csc(C)n2)s1. The van der Waals surface area contributed by atoms with Crippen molar-refractivity contribution in [3.8, 4) is 0 Å². The van der Waals surface area contributed by atoms with Gasteiger partial charge in [0, 0.05) is 22.4 Å². The minimum absolute atomic E-state index is 0.149. The molecule has 0 radical (unpaired) electrons. The maximum atomic E-state index is 12.7. The molecule has 5 nitrogen and oxygen atoms in total. The lowest BCUT2D eigenvalue weighted by Gasteiger charge is -2.07. The van der Waals surface area contributed by atoms with Crippen molar-refractivity contribution in [2.75, 3.05) is 5.32 Å². The summed E-state index contributed by atoms with van der Waals surface area (Å²) in [6.45, 7) is 4.18. The molecule has 1 N–H and O–H groups in total. The highest BCUT2D eigenvalue weighted by Gasteiger charge is 2.14. The van der Waals surface area contributed by atoms with Crippen molar-refractivity contribution in [3.05, 3.63) is 50.9 Å². The molecule has 0 saturated carbocycles. The van der Waals surface area contributed by atoms with Crippen LogP contribution < -0.4 is 5.32 Å². The van der Waals surface area contributed by atoms with Crippen molar-refractivity contribution in [2.45, 2.75) is 50.2 Å². The number of carbonyl (C=O) groups is 1. The average molecular weight is 419 g/mol. The van der Waals surface area contributed by atoms with E-state index in [2.05, 4.69) is 32.8 Å². The lowest BCUT2D eigenvalue weighted by Crippen LogP contribution is -2.12. The first-order valence-electron chi connectivity index (χ1n) is 8.92. The zero-order valence-electron chi connectivity index (χ0n) is 15.4. The molecule has 3 aromatic rings. The van der Waals surface area contributed by atoms with Gasteiger partial charge in [-0.2, -0.15) is 0 Å². The average Bonchev–Trinajstić information content (AvgIpc) is 3.29. The van der Waals surface area contributed by atoms with Gasteiger partial charge in [-0.25, -0.2) is 4.98 Å². The summed E-state index contributed by atoms with van der Waals surface area (Å²) >= 11 is 4.72. The molecule has 0 bridgehead atoms. The molecule has 0 aliphatic rings. The van der Waals surface area contributed by atoms with Crippen LogP contribution in [-0.2, 0) is 12.2 Å². The third-order valence-electron chi connectivity index (χ3n) is 3.86. The number of aryl methyl sites for hydroxylation is 2. The monoisotopic (exact) mass is 418 g/mol. The molecule has 0 atom stereocenters. The molecule has 0 aliphatic heterocycles. The van der Waals surface area contributed by atoms with Crippen molar-refractivity contribution in [1.29, 1.82) is 0 Å². The van der Waals surface area contributed by atoms with Gasteiger partial charge in [0.1, 0.15) is 5.01 Å². The number of nitrogens with one attached hydrogen (secondary N) is 1. The second-order valence-corrected chi connectivity index (χ2v) is 9.20. The number of carbonyl (C=O) groups excluding carboxylic acids is 1. The van der Waals surface area contributed by atoms with Crippen molar-refractivity contribution in [2.24, 2.45) is 0 Å². The van der Waals surface area contributed by atoms with Gasteiger partial charge in [-0.1, -0.05) is 43.2 Å². The number of thioether (sulfide) groups is 1. The fourth-order valence-electron chi connectivity index (χ4n) is 2.50. The van der Waals surface area contributed by atoms with Crippen LogP contribution in [0.25, 0.3) is 0 Å². The molecule has 0 fully saturated rings. The highest BCUT2D eigenvalue weighted by Crippen LogP contribution is 2.28. The maximum Gasteiger partial charge on any atom is 0.258 e. The Labute approximate surface area is 171 Å². The third kappa shape index (κ3) is 5.85. The van der Waals surface area contributed by atoms with Gasteiger partial charge in [-0.3, -0.25) is 10.1 Å². The number of hydrogen-bond donors (Lipinski definition) is 1. The van der Waals surface area contributed by atoms with Crippen LogP contribution in [0.3, 0.4) is 0 Å². The summed E-state index contributed by atoms with van der Waals surface area (Å²) in [6, 6.07) is 7.63. The first-order valence-corrected chi connectivity index (χ1v) is 11.6. The van der Waals surface area contributed by atoms with E-state index < -0.39 is 0 Å². The molecule has 2 aromatic heterocycles. The largest absolute Gasteiger partial charge is 0.296 e. The Morgan fingerprint density at radius 3 is 2.85 bits per heavy atom. The van der Waals surface area contributed by atoms with E-state index in [-0.39, 0.29) is 5.91 Å². The Morgan fingerprint density at radius 1 is 1.22 bits per heavy atom. The summed E-state index contributed by atoms with van der Waals surface area (Å²) in [4.78, 5) is 18.1. The molecule has 0 saturated heterocycles. The van der Waals surface area contributed by atoms with Gasteiger partial charge in [0.05, 0.1) is 16.3 Å².